The quantitative estimate of drug-likeness (QED) is 0.206. The molecule has 1 N–H and O–H groups in total. The van der Waals surface area contributed by atoms with Gasteiger partial charge in [0.2, 0.25) is 0 Å². The molecule has 39 heavy (non-hydrogen) atoms. The molecule has 0 atom stereocenters. The van der Waals surface area contributed by atoms with Gasteiger partial charge < -0.3 is 9.47 Å². The lowest BCUT2D eigenvalue weighted by atomic mass is 10.1. The van der Waals surface area contributed by atoms with Crippen molar-refractivity contribution in [3.8, 4) is 22.6 Å². The van der Waals surface area contributed by atoms with Crippen molar-refractivity contribution in [2.45, 2.75) is 20.1 Å². The average molecular weight is 539 g/mol. The number of ether oxygens (including phenoxy) is 2. The minimum Gasteiger partial charge on any atom is -0.493 e. The molecule has 0 saturated carbocycles. The second-order valence-electron chi connectivity index (χ2n) is 8.85. The van der Waals surface area contributed by atoms with Gasteiger partial charge in [0.15, 0.2) is 11.5 Å². The predicted octanol–water partition coefficient (Wildman–Crippen LogP) is 5.17. The van der Waals surface area contributed by atoms with Crippen LogP contribution in [-0.2, 0) is 17.9 Å². The van der Waals surface area contributed by atoms with Gasteiger partial charge in [-0.2, -0.15) is 5.10 Å². The summed E-state index contributed by atoms with van der Waals surface area (Å²) in [5, 5.41) is 6.45. The van der Waals surface area contributed by atoms with Crippen LogP contribution >= 0.6 is 11.3 Å². The summed E-state index contributed by atoms with van der Waals surface area (Å²) in [6, 6.07) is 23.1. The number of benzene rings is 3. The van der Waals surface area contributed by atoms with Crippen molar-refractivity contribution in [2.24, 2.45) is 5.10 Å². The molecular formula is C30H26N4O4S. The molecule has 0 bridgehead atoms. The van der Waals surface area contributed by atoms with Crippen LogP contribution in [0.3, 0.4) is 0 Å². The van der Waals surface area contributed by atoms with E-state index >= 15 is 0 Å². The molecule has 0 radical (unpaired) electrons. The predicted molar refractivity (Wildman–Crippen MR) is 154 cm³/mol. The summed E-state index contributed by atoms with van der Waals surface area (Å²) >= 11 is 1.40. The number of methoxy groups -OCH3 is 1. The summed E-state index contributed by atoms with van der Waals surface area (Å²) in [5.74, 6) is 0.703. The fraction of sp³-hybridized carbons (Fsp3) is 0.133. The lowest BCUT2D eigenvalue weighted by Gasteiger charge is -2.11. The highest BCUT2D eigenvalue weighted by Gasteiger charge is 2.14. The second kappa shape index (κ2) is 11.7. The number of hydrazone groups is 1. The summed E-state index contributed by atoms with van der Waals surface area (Å²) in [4.78, 5) is 30.7. The Morgan fingerprint density at radius 1 is 1.08 bits per heavy atom. The van der Waals surface area contributed by atoms with Crippen LogP contribution in [-0.4, -0.2) is 28.8 Å². The van der Waals surface area contributed by atoms with Gasteiger partial charge >= 0.3 is 0 Å². The first kappa shape index (κ1) is 25.9. The Labute approximate surface area is 229 Å². The summed E-state index contributed by atoms with van der Waals surface area (Å²) in [7, 11) is 1.57. The standard InChI is InChI=1S/C30H26N4O4S/c1-20-8-10-21(11-9-20)17-38-25-13-12-22(14-26(25)37-2)15-32-33-27(35)16-34-19-31-29-28(30(34)36)24(18-39-29)23-6-4-3-5-7-23/h3-15,18-19H,16-17H2,1-2H3,(H,33,35)/b32-15+. The molecule has 196 valence electrons. The third-order valence-corrected chi connectivity index (χ3v) is 6.95. The van der Waals surface area contributed by atoms with Crippen molar-refractivity contribution in [2.75, 3.05) is 7.11 Å². The van der Waals surface area contributed by atoms with Gasteiger partial charge in [0, 0.05) is 10.9 Å². The monoisotopic (exact) mass is 538 g/mol. The molecule has 2 heterocycles. The topological polar surface area (TPSA) is 94.8 Å². The van der Waals surface area contributed by atoms with Gasteiger partial charge in [-0.25, -0.2) is 10.4 Å². The number of nitrogens with one attached hydrogen (secondary N) is 1. The molecule has 5 rings (SSSR count). The SMILES string of the molecule is COc1cc(/C=N/NC(=O)Cn2cnc3scc(-c4ccccc4)c3c2=O)ccc1OCc1ccc(C)cc1. The number of rotatable bonds is 9. The highest BCUT2D eigenvalue weighted by Crippen LogP contribution is 2.30. The average Bonchev–Trinajstić information content (AvgIpc) is 3.40. The van der Waals surface area contributed by atoms with Gasteiger partial charge in [-0.05, 0) is 41.8 Å². The maximum absolute atomic E-state index is 13.2. The molecule has 0 aliphatic rings. The third-order valence-electron chi connectivity index (χ3n) is 6.06. The molecule has 8 nitrogen and oxygen atoms in total. The Hall–Kier alpha value is -4.76. The van der Waals surface area contributed by atoms with E-state index in [1.807, 2.05) is 73.0 Å². The van der Waals surface area contributed by atoms with Gasteiger partial charge in [-0.1, -0.05) is 60.2 Å². The van der Waals surface area contributed by atoms with Crippen molar-refractivity contribution in [1.29, 1.82) is 0 Å². The number of amides is 1. The fourth-order valence-electron chi connectivity index (χ4n) is 4.01. The lowest BCUT2D eigenvalue weighted by molar-refractivity contribution is -0.121. The van der Waals surface area contributed by atoms with Crippen molar-refractivity contribution in [1.82, 2.24) is 15.0 Å². The highest BCUT2D eigenvalue weighted by molar-refractivity contribution is 7.17. The molecule has 0 spiro atoms. The number of fused-ring (bicyclic) bond motifs is 1. The van der Waals surface area contributed by atoms with Crippen LogP contribution in [0.25, 0.3) is 21.3 Å². The molecule has 3 aromatic carbocycles. The Balaban J connectivity index is 1.23. The van der Waals surface area contributed by atoms with E-state index in [4.69, 9.17) is 9.47 Å². The number of carbonyl (C=O) groups excluding carboxylic acids is 1. The molecule has 2 aromatic heterocycles. The first-order chi connectivity index (χ1) is 19.0. The first-order valence-electron chi connectivity index (χ1n) is 12.2. The van der Waals surface area contributed by atoms with E-state index in [0.29, 0.717) is 33.9 Å². The third kappa shape index (κ3) is 6.05. The number of hydrogen-bond donors (Lipinski definition) is 1. The number of nitrogens with zero attached hydrogens (tertiary/aromatic N) is 3. The fourth-order valence-corrected chi connectivity index (χ4v) is 4.91. The van der Waals surface area contributed by atoms with Crippen LogP contribution in [0.4, 0.5) is 0 Å². The van der Waals surface area contributed by atoms with Gasteiger partial charge in [0.25, 0.3) is 11.5 Å². The Bertz CT molecular complexity index is 1690. The number of aryl methyl sites for hydroxylation is 1. The maximum atomic E-state index is 13.2. The Morgan fingerprint density at radius 2 is 1.87 bits per heavy atom. The van der Waals surface area contributed by atoms with Crippen LogP contribution in [0, 0.1) is 6.92 Å². The Kier molecular flexibility index (Phi) is 7.79. The van der Waals surface area contributed by atoms with Gasteiger partial charge in [0.1, 0.15) is 18.0 Å². The van der Waals surface area contributed by atoms with E-state index in [-0.39, 0.29) is 12.1 Å². The minimum absolute atomic E-state index is 0.210. The smallest absolute Gasteiger partial charge is 0.263 e. The van der Waals surface area contributed by atoms with Crippen molar-refractivity contribution < 1.29 is 14.3 Å². The molecule has 0 unspecified atom stereocenters. The van der Waals surface area contributed by atoms with Crippen LogP contribution in [0.2, 0.25) is 0 Å². The molecule has 0 aliphatic carbocycles. The summed E-state index contributed by atoms with van der Waals surface area (Å²) in [6.45, 7) is 2.25. The van der Waals surface area contributed by atoms with Gasteiger partial charge in [-0.15, -0.1) is 11.3 Å². The van der Waals surface area contributed by atoms with Crippen molar-refractivity contribution in [3.05, 3.63) is 112 Å². The van der Waals surface area contributed by atoms with E-state index in [1.54, 1.807) is 19.2 Å². The molecule has 0 aliphatic heterocycles. The Morgan fingerprint density at radius 3 is 2.64 bits per heavy atom. The van der Waals surface area contributed by atoms with Crippen LogP contribution in [0.5, 0.6) is 11.5 Å². The maximum Gasteiger partial charge on any atom is 0.263 e. The molecule has 9 heteroatoms. The second-order valence-corrected chi connectivity index (χ2v) is 9.71. The van der Waals surface area contributed by atoms with Crippen LogP contribution < -0.4 is 20.5 Å². The first-order valence-corrected chi connectivity index (χ1v) is 13.1. The van der Waals surface area contributed by atoms with E-state index in [2.05, 4.69) is 15.5 Å². The van der Waals surface area contributed by atoms with Gasteiger partial charge in [0.05, 0.1) is 25.0 Å². The zero-order valence-electron chi connectivity index (χ0n) is 21.5. The number of hydrogen-bond acceptors (Lipinski definition) is 7. The normalized spacial score (nSPS) is 11.1. The van der Waals surface area contributed by atoms with Crippen molar-refractivity contribution >= 4 is 33.7 Å². The molecule has 0 saturated heterocycles. The van der Waals surface area contributed by atoms with E-state index < -0.39 is 5.91 Å². The number of carbonyl (C=O) groups is 1. The minimum atomic E-state index is -0.448. The number of aromatic nitrogens is 2. The van der Waals surface area contributed by atoms with E-state index in [9.17, 15) is 9.59 Å². The van der Waals surface area contributed by atoms with Gasteiger partial charge in [-0.3, -0.25) is 14.2 Å². The van der Waals surface area contributed by atoms with E-state index in [0.717, 1.165) is 16.7 Å². The number of thiophene rings is 1. The van der Waals surface area contributed by atoms with Crippen LogP contribution in [0.15, 0.2) is 94.4 Å². The molecule has 1 amide bonds. The zero-order valence-corrected chi connectivity index (χ0v) is 22.3. The zero-order chi connectivity index (χ0) is 27.2. The van der Waals surface area contributed by atoms with E-state index in [1.165, 1.54) is 34.0 Å². The largest absolute Gasteiger partial charge is 0.493 e. The summed E-state index contributed by atoms with van der Waals surface area (Å²) in [5.41, 5.74) is 6.89. The summed E-state index contributed by atoms with van der Waals surface area (Å²) < 4.78 is 12.7. The van der Waals surface area contributed by atoms with Crippen LogP contribution in [0.1, 0.15) is 16.7 Å². The van der Waals surface area contributed by atoms with Crippen molar-refractivity contribution in [3.63, 3.8) is 0 Å². The highest BCUT2D eigenvalue weighted by atomic mass is 32.1. The molecule has 0 fully saturated rings. The summed E-state index contributed by atoms with van der Waals surface area (Å²) in [6.07, 6.45) is 2.89. The molecule has 5 aromatic rings. The molecular weight excluding hydrogens is 512 g/mol. The lowest BCUT2D eigenvalue weighted by Crippen LogP contribution is -2.30.